The first-order chi connectivity index (χ1) is 11.0. The average molecular weight is 314 g/mol. The second kappa shape index (κ2) is 7.03. The Morgan fingerprint density at radius 1 is 1.00 bits per heavy atom. The number of halogens is 1. The molecule has 1 amide bonds. The van der Waals surface area contributed by atoms with Gasteiger partial charge in [-0.3, -0.25) is 4.79 Å². The minimum Gasteiger partial charge on any atom is -0.370 e. The molecule has 23 heavy (non-hydrogen) atoms. The Kier molecular flexibility index (Phi) is 4.88. The summed E-state index contributed by atoms with van der Waals surface area (Å²) >= 11 is 0. The van der Waals surface area contributed by atoms with Crippen LogP contribution in [-0.4, -0.2) is 17.8 Å². The van der Waals surface area contributed by atoms with E-state index in [0.29, 0.717) is 11.4 Å². The molecular weight excluding hydrogens is 299 g/mol. The molecular formula is C15H15FN6O. The monoisotopic (exact) mass is 314 g/mol. The SMILES string of the molecule is NC(N)=NC(N)=Nc1ccccc1C(=O)Nc1ccc(F)cc1. The van der Waals surface area contributed by atoms with Gasteiger partial charge in [0.25, 0.3) is 5.91 Å². The molecule has 0 aliphatic rings. The highest BCUT2D eigenvalue weighted by Crippen LogP contribution is 2.20. The van der Waals surface area contributed by atoms with Crippen molar-refractivity contribution in [1.29, 1.82) is 0 Å². The summed E-state index contributed by atoms with van der Waals surface area (Å²) in [4.78, 5) is 19.9. The number of nitrogens with two attached hydrogens (primary N) is 3. The van der Waals surface area contributed by atoms with E-state index in [2.05, 4.69) is 15.3 Å². The van der Waals surface area contributed by atoms with Crippen LogP contribution in [0.4, 0.5) is 15.8 Å². The predicted molar refractivity (Wildman–Crippen MR) is 87.9 cm³/mol. The number of nitrogens with zero attached hydrogens (tertiary/aromatic N) is 2. The van der Waals surface area contributed by atoms with Gasteiger partial charge in [0.05, 0.1) is 11.3 Å². The fourth-order valence-electron chi connectivity index (χ4n) is 1.78. The van der Waals surface area contributed by atoms with Crippen LogP contribution in [-0.2, 0) is 0 Å². The molecule has 0 atom stereocenters. The maximum atomic E-state index is 12.9. The number of nitrogens with one attached hydrogen (secondary N) is 1. The zero-order chi connectivity index (χ0) is 16.8. The summed E-state index contributed by atoms with van der Waals surface area (Å²) in [7, 11) is 0. The number of carbonyl (C=O) groups excluding carboxylic acids is 1. The Morgan fingerprint density at radius 3 is 2.30 bits per heavy atom. The van der Waals surface area contributed by atoms with Crippen molar-refractivity contribution in [3.8, 4) is 0 Å². The van der Waals surface area contributed by atoms with Crippen molar-refractivity contribution in [1.82, 2.24) is 0 Å². The summed E-state index contributed by atoms with van der Waals surface area (Å²) in [5.74, 6) is -1.22. The van der Waals surface area contributed by atoms with Crippen LogP contribution in [0.3, 0.4) is 0 Å². The number of hydrogen-bond donors (Lipinski definition) is 4. The van der Waals surface area contributed by atoms with Gasteiger partial charge in [-0.25, -0.2) is 9.38 Å². The first kappa shape index (κ1) is 16.0. The topological polar surface area (TPSA) is 132 Å². The van der Waals surface area contributed by atoms with Crippen LogP contribution >= 0.6 is 0 Å². The second-order valence-electron chi connectivity index (χ2n) is 4.48. The number of aliphatic imine (C=N–C) groups is 2. The molecule has 2 aromatic carbocycles. The summed E-state index contributed by atoms with van der Waals surface area (Å²) in [6.45, 7) is 0. The highest BCUT2D eigenvalue weighted by Gasteiger charge is 2.11. The van der Waals surface area contributed by atoms with Gasteiger partial charge >= 0.3 is 0 Å². The van der Waals surface area contributed by atoms with Crippen molar-refractivity contribution in [3.05, 3.63) is 59.9 Å². The second-order valence-corrected chi connectivity index (χ2v) is 4.48. The predicted octanol–water partition coefficient (Wildman–Crippen LogP) is 1.30. The van der Waals surface area contributed by atoms with E-state index in [9.17, 15) is 9.18 Å². The third-order valence-corrected chi connectivity index (χ3v) is 2.73. The Labute approximate surface area is 131 Å². The van der Waals surface area contributed by atoms with E-state index < -0.39 is 11.7 Å². The molecule has 0 fully saturated rings. The molecule has 7 N–H and O–H groups in total. The molecule has 0 unspecified atom stereocenters. The van der Waals surface area contributed by atoms with E-state index in [1.807, 2.05) is 0 Å². The summed E-state index contributed by atoms with van der Waals surface area (Å²) < 4.78 is 12.9. The van der Waals surface area contributed by atoms with E-state index in [4.69, 9.17) is 17.2 Å². The molecule has 0 aliphatic carbocycles. The fourth-order valence-corrected chi connectivity index (χ4v) is 1.78. The normalized spacial score (nSPS) is 10.9. The van der Waals surface area contributed by atoms with Gasteiger partial charge in [0.15, 0.2) is 5.96 Å². The highest BCUT2D eigenvalue weighted by molar-refractivity contribution is 6.08. The average Bonchev–Trinajstić information content (AvgIpc) is 2.49. The molecule has 0 aliphatic heterocycles. The van der Waals surface area contributed by atoms with Gasteiger partial charge in [0.1, 0.15) is 5.82 Å². The minimum atomic E-state index is -0.423. The number of carbonyl (C=O) groups is 1. The molecule has 7 nitrogen and oxygen atoms in total. The van der Waals surface area contributed by atoms with Crippen molar-refractivity contribution < 1.29 is 9.18 Å². The summed E-state index contributed by atoms with van der Waals surface area (Å²) in [6, 6.07) is 11.9. The standard InChI is InChI=1S/C15H15FN6O/c16-9-5-7-10(8-6-9)20-13(23)11-3-1-2-4-12(11)21-15(19)22-14(17)18/h1-8H,(H,20,23)(H6,17,18,19,21,22). The quantitative estimate of drug-likeness (QED) is 0.502. The molecule has 0 saturated carbocycles. The van der Waals surface area contributed by atoms with E-state index in [1.54, 1.807) is 24.3 Å². The lowest BCUT2D eigenvalue weighted by molar-refractivity contribution is 0.102. The van der Waals surface area contributed by atoms with Crippen molar-refractivity contribution in [2.75, 3.05) is 5.32 Å². The lowest BCUT2D eigenvalue weighted by Gasteiger charge is -2.07. The van der Waals surface area contributed by atoms with Crippen LogP contribution in [0.25, 0.3) is 0 Å². The van der Waals surface area contributed by atoms with Gasteiger partial charge in [0.2, 0.25) is 5.96 Å². The Bertz CT molecular complexity index is 766. The largest absolute Gasteiger partial charge is 0.370 e. The number of rotatable bonds is 3. The lowest BCUT2D eigenvalue weighted by Crippen LogP contribution is -2.26. The zero-order valence-electron chi connectivity index (χ0n) is 12.0. The smallest absolute Gasteiger partial charge is 0.257 e. The first-order valence-corrected chi connectivity index (χ1v) is 6.55. The molecule has 0 heterocycles. The van der Waals surface area contributed by atoms with Crippen LogP contribution in [0.2, 0.25) is 0 Å². The summed E-state index contributed by atoms with van der Waals surface area (Å²) in [6.07, 6.45) is 0. The van der Waals surface area contributed by atoms with Gasteiger partial charge in [-0.05, 0) is 36.4 Å². The van der Waals surface area contributed by atoms with Gasteiger partial charge in [-0.1, -0.05) is 12.1 Å². The molecule has 0 radical (unpaired) electrons. The summed E-state index contributed by atoms with van der Waals surface area (Å²) in [5.41, 5.74) is 17.0. The molecule has 0 bridgehead atoms. The number of para-hydroxylation sites is 1. The van der Waals surface area contributed by atoms with E-state index in [0.717, 1.165) is 0 Å². The van der Waals surface area contributed by atoms with Crippen molar-refractivity contribution in [2.45, 2.75) is 0 Å². The lowest BCUT2D eigenvalue weighted by atomic mass is 10.1. The van der Waals surface area contributed by atoms with Gasteiger partial charge in [0, 0.05) is 5.69 Å². The van der Waals surface area contributed by atoms with E-state index in [1.165, 1.54) is 24.3 Å². The number of guanidine groups is 2. The highest BCUT2D eigenvalue weighted by atomic mass is 19.1. The van der Waals surface area contributed by atoms with Crippen molar-refractivity contribution >= 4 is 29.2 Å². The van der Waals surface area contributed by atoms with E-state index >= 15 is 0 Å². The molecule has 2 rings (SSSR count). The minimum absolute atomic E-state index is 0.174. The maximum Gasteiger partial charge on any atom is 0.257 e. The zero-order valence-corrected chi connectivity index (χ0v) is 12.0. The number of hydrogen-bond acceptors (Lipinski definition) is 2. The fraction of sp³-hybridized carbons (Fsp3) is 0. The molecule has 0 spiro atoms. The van der Waals surface area contributed by atoms with Crippen LogP contribution in [0.1, 0.15) is 10.4 Å². The molecule has 8 heteroatoms. The van der Waals surface area contributed by atoms with Crippen LogP contribution < -0.4 is 22.5 Å². The number of amides is 1. The Morgan fingerprint density at radius 2 is 1.65 bits per heavy atom. The van der Waals surface area contributed by atoms with Crippen molar-refractivity contribution in [2.24, 2.45) is 27.2 Å². The molecule has 118 valence electrons. The van der Waals surface area contributed by atoms with Gasteiger partial charge in [-0.2, -0.15) is 4.99 Å². The van der Waals surface area contributed by atoms with Crippen LogP contribution in [0.5, 0.6) is 0 Å². The molecule has 2 aromatic rings. The Balaban J connectivity index is 2.27. The Hall–Kier alpha value is -3.42. The summed E-state index contributed by atoms with van der Waals surface area (Å²) in [5, 5.41) is 2.64. The number of anilines is 1. The van der Waals surface area contributed by atoms with Gasteiger partial charge < -0.3 is 22.5 Å². The van der Waals surface area contributed by atoms with Gasteiger partial charge in [-0.15, -0.1) is 0 Å². The van der Waals surface area contributed by atoms with Crippen LogP contribution in [0, 0.1) is 5.82 Å². The van der Waals surface area contributed by atoms with Crippen molar-refractivity contribution in [3.63, 3.8) is 0 Å². The molecule has 0 aromatic heterocycles. The third kappa shape index (κ3) is 4.53. The third-order valence-electron chi connectivity index (χ3n) is 2.73. The molecule has 0 saturated heterocycles. The number of benzene rings is 2. The van der Waals surface area contributed by atoms with E-state index in [-0.39, 0.29) is 17.5 Å². The van der Waals surface area contributed by atoms with Crippen LogP contribution in [0.15, 0.2) is 58.5 Å². The first-order valence-electron chi connectivity index (χ1n) is 6.55. The maximum absolute atomic E-state index is 12.9.